The number of ether oxygens (including phenoxy) is 3. The number of nitrogens with zero attached hydrogens (tertiary/aromatic N) is 1. The van der Waals surface area contributed by atoms with Crippen LogP contribution in [0.3, 0.4) is 0 Å². The van der Waals surface area contributed by atoms with Gasteiger partial charge >= 0.3 is 0 Å². The van der Waals surface area contributed by atoms with Crippen molar-refractivity contribution in [1.29, 1.82) is 0 Å². The van der Waals surface area contributed by atoms with Crippen molar-refractivity contribution in [3.8, 4) is 17.2 Å². The van der Waals surface area contributed by atoms with Gasteiger partial charge in [-0.1, -0.05) is 11.6 Å². The third-order valence-corrected chi connectivity index (χ3v) is 3.66. The fourth-order valence-electron chi connectivity index (χ4n) is 2.13. The Bertz CT molecular complexity index is 825. The fourth-order valence-corrected chi connectivity index (χ4v) is 2.36. The predicted octanol–water partition coefficient (Wildman–Crippen LogP) is 3.53. The Labute approximate surface area is 148 Å². The van der Waals surface area contributed by atoms with E-state index in [1.165, 1.54) is 51.7 Å². The van der Waals surface area contributed by atoms with E-state index in [1.54, 1.807) is 0 Å². The highest BCUT2D eigenvalue weighted by Crippen LogP contribution is 2.36. The summed E-state index contributed by atoms with van der Waals surface area (Å²) in [6.45, 7) is 0. The summed E-state index contributed by atoms with van der Waals surface area (Å²) in [7, 11) is 4.23. The molecule has 132 valence electrons. The van der Waals surface area contributed by atoms with Crippen LogP contribution in [0.1, 0.15) is 10.4 Å². The molecular weight excluding hydrogens is 352 g/mol. The highest BCUT2D eigenvalue weighted by Gasteiger charge is 2.22. The summed E-state index contributed by atoms with van der Waals surface area (Å²) >= 11 is 6.02. The quantitative estimate of drug-likeness (QED) is 0.620. The van der Waals surface area contributed by atoms with E-state index in [0.29, 0.717) is 16.5 Å². The van der Waals surface area contributed by atoms with Crippen molar-refractivity contribution >= 4 is 28.9 Å². The number of carbonyl (C=O) groups is 1. The van der Waals surface area contributed by atoms with Crippen LogP contribution in [0.15, 0.2) is 30.3 Å². The molecule has 0 saturated carbocycles. The van der Waals surface area contributed by atoms with Gasteiger partial charge < -0.3 is 19.5 Å². The Morgan fingerprint density at radius 1 is 1.08 bits per heavy atom. The molecule has 0 aromatic heterocycles. The molecule has 1 N–H and O–H groups in total. The van der Waals surface area contributed by atoms with Crippen LogP contribution < -0.4 is 19.5 Å². The van der Waals surface area contributed by atoms with Crippen molar-refractivity contribution in [3.63, 3.8) is 0 Å². The molecule has 0 heterocycles. The summed E-state index contributed by atoms with van der Waals surface area (Å²) in [5.74, 6) is 0.215. The van der Waals surface area contributed by atoms with E-state index < -0.39 is 10.8 Å². The zero-order valence-electron chi connectivity index (χ0n) is 13.7. The Kier molecular flexibility index (Phi) is 5.66. The van der Waals surface area contributed by atoms with Crippen molar-refractivity contribution in [2.75, 3.05) is 26.6 Å². The minimum Gasteiger partial charge on any atom is -0.497 e. The van der Waals surface area contributed by atoms with Crippen LogP contribution in [0.4, 0.5) is 11.4 Å². The minimum absolute atomic E-state index is 0.152. The van der Waals surface area contributed by atoms with Gasteiger partial charge in [0.2, 0.25) is 0 Å². The fraction of sp³-hybridized carbons (Fsp3) is 0.188. The van der Waals surface area contributed by atoms with Crippen LogP contribution in [0.25, 0.3) is 0 Å². The summed E-state index contributed by atoms with van der Waals surface area (Å²) in [5.41, 5.74) is -0.246. The van der Waals surface area contributed by atoms with E-state index in [1.807, 2.05) is 0 Å². The van der Waals surface area contributed by atoms with Gasteiger partial charge in [-0.15, -0.1) is 0 Å². The molecule has 0 spiro atoms. The number of methoxy groups -OCH3 is 3. The summed E-state index contributed by atoms with van der Waals surface area (Å²) in [6, 6.07) is 6.82. The van der Waals surface area contributed by atoms with Gasteiger partial charge in [-0.25, -0.2) is 0 Å². The first-order valence-electron chi connectivity index (χ1n) is 6.96. The van der Waals surface area contributed by atoms with E-state index in [0.717, 1.165) is 0 Å². The monoisotopic (exact) mass is 366 g/mol. The Morgan fingerprint density at radius 2 is 1.76 bits per heavy atom. The Morgan fingerprint density at radius 3 is 2.32 bits per heavy atom. The number of anilines is 1. The molecule has 0 aliphatic carbocycles. The standard InChI is InChI=1S/C16H15ClN2O6/c1-23-9-4-5-13(19(21)22)10(6-9)16(20)18-12-8-14(24-2)11(17)7-15(12)25-3/h4-8H,1-3H3,(H,18,20). The summed E-state index contributed by atoms with van der Waals surface area (Å²) < 4.78 is 15.3. The molecule has 25 heavy (non-hydrogen) atoms. The maximum absolute atomic E-state index is 12.6. The zero-order valence-corrected chi connectivity index (χ0v) is 14.4. The molecule has 2 aromatic rings. The normalized spacial score (nSPS) is 10.1. The maximum atomic E-state index is 12.6. The van der Waals surface area contributed by atoms with Gasteiger partial charge in [-0.2, -0.15) is 0 Å². The molecule has 2 aromatic carbocycles. The smallest absolute Gasteiger partial charge is 0.282 e. The second kappa shape index (κ2) is 7.71. The van der Waals surface area contributed by atoms with Gasteiger partial charge in [0.1, 0.15) is 22.8 Å². The highest BCUT2D eigenvalue weighted by atomic mass is 35.5. The Hall–Kier alpha value is -3.00. The van der Waals surface area contributed by atoms with Gasteiger partial charge in [0, 0.05) is 18.2 Å². The number of carbonyl (C=O) groups excluding carboxylic acids is 1. The van der Waals surface area contributed by atoms with Gasteiger partial charge in [0.05, 0.1) is 37.0 Å². The van der Waals surface area contributed by atoms with Gasteiger partial charge in [0.15, 0.2) is 0 Å². The molecule has 0 bridgehead atoms. The molecule has 0 radical (unpaired) electrons. The number of halogens is 1. The molecule has 0 unspecified atom stereocenters. The lowest BCUT2D eigenvalue weighted by molar-refractivity contribution is -0.385. The van der Waals surface area contributed by atoms with Gasteiger partial charge in [0.25, 0.3) is 11.6 Å². The second-order valence-electron chi connectivity index (χ2n) is 4.78. The molecule has 1 amide bonds. The number of hydrogen-bond donors (Lipinski definition) is 1. The largest absolute Gasteiger partial charge is 0.497 e. The van der Waals surface area contributed by atoms with Crippen LogP contribution in [0.5, 0.6) is 17.2 Å². The van der Waals surface area contributed by atoms with Crippen molar-refractivity contribution in [2.24, 2.45) is 0 Å². The van der Waals surface area contributed by atoms with Crippen LogP contribution >= 0.6 is 11.6 Å². The van der Waals surface area contributed by atoms with Crippen molar-refractivity contribution in [1.82, 2.24) is 0 Å². The first-order chi connectivity index (χ1) is 11.9. The predicted molar refractivity (Wildman–Crippen MR) is 92.2 cm³/mol. The summed E-state index contributed by atoms with van der Waals surface area (Å²) in [6.07, 6.45) is 0. The molecule has 0 atom stereocenters. The number of nitro groups is 1. The highest BCUT2D eigenvalue weighted by molar-refractivity contribution is 6.32. The van der Waals surface area contributed by atoms with Gasteiger partial charge in [-0.3, -0.25) is 14.9 Å². The minimum atomic E-state index is -0.701. The third kappa shape index (κ3) is 3.92. The first kappa shape index (κ1) is 18.3. The van der Waals surface area contributed by atoms with Crippen molar-refractivity contribution in [2.45, 2.75) is 0 Å². The van der Waals surface area contributed by atoms with E-state index in [4.69, 9.17) is 25.8 Å². The number of nitro benzene ring substituents is 1. The average Bonchev–Trinajstić information content (AvgIpc) is 2.61. The summed E-state index contributed by atoms with van der Waals surface area (Å²) in [5, 5.41) is 14.0. The van der Waals surface area contributed by atoms with E-state index >= 15 is 0 Å². The number of amides is 1. The lowest BCUT2D eigenvalue weighted by Gasteiger charge is -2.13. The number of rotatable bonds is 6. The van der Waals surface area contributed by atoms with Crippen LogP contribution in [-0.4, -0.2) is 32.2 Å². The number of hydrogen-bond acceptors (Lipinski definition) is 6. The van der Waals surface area contributed by atoms with Crippen LogP contribution in [0.2, 0.25) is 5.02 Å². The second-order valence-corrected chi connectivity index (χ2v) is 5.19. The molecule has 8 nitrogen and oxygen atoms in total. The topological polar surface area (TPSA) is 99.9 Å². The van der Waals surface area contributed by atoms with E-state index in [-0.39, 0.29) is 22.7 Å². The molecule has 0 saturated heterocycles. The number of benzene rings is 2. The molecule has 0 aliphatic rings. The summed E-state index contributed by atoms with van der Waals surface area (Å²) in [4.78, 5) is 23.1. The molecule has 9 heteroatoms. The molecular formula is C16H15ClN2O6. The van der Waals surface area contributed by atoms with E-state index in [2.05, 4.69) is 5.32 Å². The molecule has 0 aliphatic heterocycles. The molecule has 2 rings (SSSR count). The lowest BCUT2D eigenvalue weighted by atomic mass is 10.1. The average molecular weight is 367 g/mol. The van der Waals surface area contributed by atoms with Gasteiger partial charge in [-0.05, 0) is 12.1 Å². The third-order valence-electron chi connectivity index (χ3n) is 3.37. The van der Waals surface area contributed by atoms with Crippen LogP contribution in [0, 0.1) is 10.1 Å². The Balaban J connectivity index is 2.45. The van der Waals surface area contributed by atoms with Crippen molar-refractivity contribution < 1.29 is 23.9 Å². The SMILES string of the molecule is COc1ccc([N+](=O)[O-])c(C(=O)Nc2cc(OC)c(Cl)cc2OC)c1. The molecule has 0 fully saturated rings. The van der Waals surface area contributed by atoms with E-state index in [9.17, 15) is 14.9 Å². The first-order valence-corrected chi connectivity index (χ1v) is 7.34. The maximum Gasteiger partial charge on any atom is 0.282 e. The lowest BCUT2D eigenvalue weighted by Crippen LogP contribution is -2.15. The number of nitrogens with one attached hydrogen (secondary N) is 1. The van der Waals surface area contributed by atoms with Crippen molar-refractivity contribution in [3.05, 3.63) is 51.0 Å². The zero-order chi connectivity index (χ0) is 18.6. The van der Waals surface area contributed by atoms with Crippen LogP contribution in [-0.2, 0) is 0 Å².